The van der Waals surface area contributed by atoms with Crippen molar-refractivity contribution < 1.29 is 9.84 Å². The van der Waals surface area contributed by atoms with Crippen molar-refractivity contribution in [2.45, 2.75) is 18.9 Å². The number of hydrogen-bond acceptors (Lipinski definition) is 3. The normalized spacial score (nSPS) is 18.9. The second-order valence-electron chi connectivity index (χ2n) is 6.29. The number of benzene rings is 2. The van der Waals surface area contributed by atoms with Gasteiger partial charge in [0.05, 0.1) is 7.11 Å². The molecule has 0 saturated heterocycles. The fraction of sp³-hybridized carbons (Fsp3) is 0.300. The smallest absolute Gasteiger partial charge is 0.166 e. The van der Waals surface area contributed by atoms with E-state index in [0.29, 0.717) is 11.8 Å². The average molecular weight is 307 g/mol. The van der Waals surface area contributed by atoms with E-state index in [1.165, 1.54) is 16.7 Å². The van der Waals surface area contributed by atoms with Gasteiger partial charge in [-0.3, -0.25) is 4.90 Å². The summed E-state index contributed by atoms with van der Waals surface area (Å²) in [4.78, 5) is 2.46. The predicted molar refractivity (Wildman–Crippen MR) is 92.0 cm³/mol. The van der Waals surface area contributed by atoms with Crippen LogP contribution in [-0.2, 0) is 12.8 Å². The van der Waals surface area contributed by atoms with Crippen LogP contribution >= 0.6 is 0 Å². The molecule has 0 radical (unpaired) electrons. The lowest BCUT2D eigenvalue weighted by Gasteiger charge is -2.41. The van der Waals surface area contributed by atoms with Gasteiger partial charge in [-0.2, -0.15) is 0 Å². The Kier molecular flexibility index (Phi) is 3.38. The molecule has 0 spiro atoms. The molecule has 0 amide bonds. The van der Waals surface area contributed by atoms with Crippen LogP contribution < -0.4 is 4.74 Å². The van der Waals surface area contributed by atoms with Gasteiger partial charge < -0.3 is 9.84 Å². The number of aromatic hydroxyl groups is 1. The maximum absolute atomic E-state index is 10.8. The van der Waals surface area contributed by atoms with Gasteiger partial charge in [0, 0.05) is 24.7 Å². The van der Waals surface area contributed by atoms with Crippen LogP contribution in [0.25, 0.3) is 11.1 Å². The average Bonchev–Trinajstić information content (AvgIpc) is 2.58. The summed E-state index contributed by atoms with van der Waals surface area (Å²) < 4.78 is 5.42. The van der Waals surface area contributed by atoms with Crippen LogP contribution in [0.2, 0.25) is 0 Å². The van der Waals surface area contributed by atoms with E-state index in [1.807, 2.05) is 18.2 Å². The second-order valence-corrected chi connectivity index (χ2v) is 6.29. The molecule has 0 fully saturated rings. The number of hydrogen-bond donors (Lipinski definition) is 1. The summed E-state index contributed by atoms with van der Waals surface area (Å²) in [7, 11) is 1.62. The summed E-state index contributed by atoms with van der Waals surface area (Å²) in [5, 5.41) is 10.8. The highest BCUT2D eigenvalue weighted by Crippen LogP contribution is 2.51. The van der Waals surface area contributed by atoms with Crippen molar-refractivity contribution in [2.24, 2.45) is 0 Å². The molecule has 3 nitrogen and oxygen atoms in total. The third kappa shape index (κ3) is 2.07. The maximum atomic E-state index is 10.8. The van der Waals surface area contributed by atoms with Crippen LogP contribution in [0.15, 0.2) is 43.0 Å². The molecule has 4 rings (SSSR count). The monoisotopic (exact) mass is 307 g/mol. The minimum absolute atomic E-state index is 0.267. The van der Waals surface area contributed by atoms with Gasteiger partial charge in [0.1, 0.15) is 0 Å². The minimum atomic E-state index is 0.267. The lowest BCUT2D eigenvalue weighted by atomic mass is 9.76. The van der Waals surface area contributed by atoms with Gasteiger partial charge >= 0.3 is 0 Å². The number of phenolic OH excluding ortho intramolecular Hbond substituents is 1. The molecule has 1 heterocycles. The highest BCUT2D eigenvalue weighted by Gasteiger charge is 2.36. The highest BCUT2D eigenvalue weighted by molar-refractivity contribution is 5.83. The van der Waals surface area contributed by atoms with E-state index in [9.17, 15) is 5.11 Å². The Bertz CT molecular complexity index is 781. The molecule has 23 heavy (non-hydrogen) atoms. The van der Waals surface area contributed by atoms with E-state index >= 15 is 0 Å². The van der Waals surface area contributed by atoms with E-state index in [0.717, 1.165) is 37.1 Å². The summed E-state index contributed by atoms with van der Waals surface area (Å²) in [6.45, 7) is 5.78. The molecular formula is C20H21NO2. The van der Waals surface area contributed by atoms with E-state index in [2.05, 4.69) is 29.7 Å². The van der Waals surface area contributed by atoms with Gasteiger partial charge in [-0.05, 0) is 41.2 Å². The number of nitrogens with zero attached hydrogens (tertiary/aromatic N) is 1. The zero-order valence-electron chi connectivity index (χ0n) is 13.4. The molecule has 2 aromatic rings. The van der Waals surface area contributed by atoms with Crippen LogP contribution in [-0.4, -0.2) is 30.2 Å². The Balaban J connectivity index is 2.00. The van der Waals surface area contributed by atoms with Gasteiger partial charge in [0.25, 0.3) is 0 Å². The first kappa shape index (κ1) is 14.3. The Morgan fingerprint density at radius 1 is 1.35 bits per heavy atom. The van der Waals surface area contributed by atoms with Crippen LogP contribution in [0.1, 0.15) is 22.7 Å². The van der Waals surface area contributed by atoms with Gasteiger partial charge in [-0.15, -0.1) is 6.58 Å². The first-order valence-electron chi connectivity index (χ1n) is 8.10. The standard InChI is InChI=1S/C20H21NO2/c1-3-9-21-10-8-14-12-17(23-2)20(22)19-15-7-5-4-6-13(15)11-16(21)18(14)19/h3-7,12,16,22H,1,8-11H2,2H3/t16-/m1/s1. The van der Waals surface area contributed by atoms with E-state index < -0.39 is 0 Å². The van der Waals surface area contributed by atoms with Crippen molar-refractivity contribution in [1.82, 2.24) is 4.90 Å². The third-order valence-corrected chi connectivity index (χ3v) is 5.12. The quantitative estimate of drug-likeness (QED) is 0.878. The van der Waals surface area contributed by atoms with Crippen molar-refractivity contribution in [3.8, 4) is 22.6 Å². The number of ether oxygens (including phenoxy) is 1. The maximum Gasteiger partial charge on any atom is 0.166 e. The summed E-state index contributed by atoms with van der Waals surface area (Å²) in [6.07, 6.45) is 3.93. The van der Waals surface area contributed by atoms with Gasteiger partial charge in [-0.1, -0.05) is 30.3 Å². The van der Waals surface area contributed by atoms with Crippen molar-refractivity contribution in [3.63, 3.8) is 0 Å². The molecule has 118 valence electrons. The highest BCUT2D eigenvalue weighted by atomic mass is 16.5. The SMILES string of the molecule is C=CCN1CCc2cc(OC)c(O)c3c2[C@H]1Cc1ccccc1-3. The first-order valence-corrected chi connectivity index (χ1v) is 8.10. The van der Waals surface area contributed by atoms with Gasteiger partial charge in [0.2, 0.25) is 0 Å². The van der Waals surface area contributed by atoms with Crippen molar-refractivity contribution >= 4 is 0 Å². The minimum Gasteiger partial charge on any atom is -0.504 e. The summed E-state index contributed by atoms with van der Waals surface area (Å²) in [6, 6.07) is 10.7. The first-order chi connectivity index (χ1) is 11.2. The van der Waals surface area contributed by atoms with Crippen LogP contribution in [0.5, 0.6) is 11.5 Å². The summed E-state index contributed by atoms with van der Waals surface area (Å²) >= 11 is 0. The Labute approximate surface area is 136 Å². The predicted octanol–water partition coefficient (Wildman–Crippen LogP) is 3.71. The van der Waals surface area contributed by atoms with Crippen LogP contribution in [0, 0.1) is 0 Å². The number of rotatable bonds is 3. The fourth-order valence-corrected chi connectivity index (χ4v) is 4.10. The topological polar surface area (TPSA) is 32.7 Å². The molecule has 2 aromatic carbocycles. The molecule has 1 aliphatic carbocycles. The Morgan fingerprint density at radius 3 is 2.96 bits per heavy atom. The summed E-state index contributed by atoms with van der Waals surface area (Å²) in [5.74, 6) is 0.843. The van der Waals surface area contributed by atoms with Crippen molar-refractivity contribution in [1.29, 1.82) is 0 Å². The molecule has 1 N–H and O–H groups in total. The largest absolute Gasteiger partial charge is 0.504 e. The number of fused-ring (bicyclic) bond motifs is 2. The molecule has 0 aromatic heterocycles. The second kappa shape index (κ2) is 5.43. The number of phenols is 1. The fourth-order valence-electron chi connectivity index (χ4n) is 4.10. The molecule has 1 aliphatic heterocycles. The molecular weight excluding hydrogens is 286 g/mol. The lowest BCUT2D eigenvalue weighted by Crippen LogP contribution is -2.38. The molecule has 2 aliphatic rings. The van der Waals surface area contributed by atoms with Gasteiger partial charge in [0.15, 0.2) is 11.5 Å². The van der Waals surface area contributed by atoms with Crippen LogP contribution in [0.3, 0.4) is 0 Å². The molecule has 0 bridgehead atoms. The zero-order valence-corrected chi connectivity index (χ0v) is 13.4. The van der Waals surface area contributed by atoms with Gasteiger partial charge in [-0.25, -0.2) is 0 Å². The molecule has 3 heteroatoms. The zero-order chi connectivity index (χ0) is 16.0. The number of methoxy groups -OCH3 is 1. The molecule has 0 unspecified atom stereocenters. The molecule has 0 saturated carbocycles. The summed E-state index contributed by atoms with van der Waals surface area (Å²) in [5.41, 5.74) is 5.96. The third-order valence-electron chi connectivity index (χ3n) is 5.12. The lowest BCUT2D eigenvalue weighted by molar-refractivity contribution is 0.202. The van der Waals surface area contributed by atoms with Crippen molar-refractivity contribution in [3.05, 3.63) is 59.7 Å². The van der Waals surface area contributed by atoms with Crippen molar-refractivity contribution in [2.75, 3.05) is 20.2 Å². The Morgan fingerprint density at radius 2 is 2.17 bits per heavy atom. The Hall–Kier alpha value is -2.26. The van der Waals surface area contributed by atoms with E-state index in [1.54, 1.807) is 7.11 Å². The molecule has 1 atom stereocenters. The van der Waals surface area contributed by atoms with E-state index in [4.69, 9.17) is 4.74 Å². The van der Waals surface area contributed by atoms with E-state index in [-0.39, 0.29) is 5.75 Å². The van der Waals surface area contributed by atoms with Crippen LogP contribution in [0.4, 0.5) is 0 Å².